The monoisotopic (exact) mass is 353 g/mol. The number of hydrogen-bond acceptors (Lipinski definition) is 6. The normalized spacial score (nSPS) is 19.6. The van der Waals surface area contributed by atoms with E-state index in [9.17, 15) is 14.3 Å². The summed E-state index contributed by atoms with van der Waals surface area (Å²) in [6.45, 7) is 6.68. The van der Waals surface area contributed by atoms with Crippen molar-refractivity contribution in [3.8, 4) is 0 Å². The smallest absolute Gasteiger partial charge is 0.311 e. The van der Waals surface area contributed by atoms with Crippen LogP contribution < -0.4 is 0 Å². The molecule has 1 N–H and O–H groups in total. The summed E-state index contributed by atoms with van der Waals surface area (Å²) in [7, 11) is 0. The van der Waals surface area contributed by atoms with Crippen molar-refractivity contribution in [1.82, 2.24) is 4.90 Å². The molecular formula is C14H28NO5PS. The van der Waals surface area contributed by atoms with Gasteiger partial charge in [0, 0.05) is 25.0 Å². The van der Waals surface area contributed by atoms with E-state index in [0.29, 0.717) is 5.75 Å². The molecule has 1 saturated heterocycles. The summed E-state index contributed by atoms with van der Waals surface area (Å²) in [4.78, 5) is 23.9. The lowest BCUT2D eigenvalue weighted by atomic mass is 9.89. The van der Waals surface area contributed by atoms with Crippen LogP contribution in [0.2, 0.25) is 0 Å². The van der Waals surface area contributed by atoms with Gasteiger partial charge in [-0.15, -0.1) is 0 Å². The lowest BCUT2D eigenvalue weighted by molar-refractivity contribution is -0.153. The molecule has 0 radical (unpaired) electrons. The number of ether oxygens (including phenoxy) is 2. The Balaban J connectivity index is 2.25. The summed E-state index contributed by atoms with van der Waals surface area (Å²) < 4.78 is 22.0. The first-order valence-corrected chi connectivity index (χ1v) is 11.1. The van der Waals surface area contributed by atoms with E-state index in [1.165, 1.54) is 0 Å². The molecule has 22 heavy (non-hydrogen) atoms. The van der Waals surface area contributed by atoms with E-state index < -0.39 is 12.0 Å². The van der Waals surface area contributed by atoms with Gasteiger partial charge in [-0.25, -0.2) is 0 Å². The molecule has 0 aromatic rings. The van der Waals surface area contributed by atoms with E-state index in [1.807, 2.05) is 13.8 Å². The molecule has 0 aliphatic carbocycles. The zero-order chi connectivity index (χ0) is 16.6. The van der Waals surface area contributed by atoms with Crippen molar-refractivity contribution in [3.05, 3.63) is 0 Å². The van der Waals surface area contributed by atoms with Crippen LogP contribution in [0.25, 0.3) is 0 Å². The number of morpholine rings is 1. The van der Waals surface area contributed by atoms with Crippen LogP contribution in [-0.2, 0) is 18.8 Å². The van der Waals surface area contributed by atoms with Crippen molar-refractivity contribution in [2.45, 2.75) is 27.2 Å². The average molecular weight is 353 g/mol. The topological polar surface area (TPSA) is 76.1 Å². The fraction of sp³-hybridized carbons (Fsp3) is 0.929. The third-order valence-corrected chi connectivity index (χ3v) is 7.80. The molecule has 0 spiro atoms. The molecule has 0 aromatic carbocycles. The zero-order valence-corrected chi connectivity index (χ0v) is 15.5. The van der Waals surface area contributed by atoms with Crippen molar-refractivity contribution in [2.75, 3.05) is 51.4 Å². The lowest BCUT2D eigenvalue weighted by Crippen LogP contribution is -2.39. The maximum atomic E-state index is 12.1. The van der Waals surface area contributed by atoms with E-state index in [0.717, 1.165) is 50.7 Å². The first kappa shape index (κ1) is 20.0. The first-order valence-electron chi connectivity index (χ1n) is 7.70. The summed E-state index contributed by atoms with van der Waals surface area (Å²) in [5.74, 6) is 0.109. The average Bonchev–Trinajstić information content (AvgIpc) is 2.50. The number of nitrogens with zero attached hydrogens (tertiary/aromatic N) is 1. The molecule has 130 valence electrons. The largest absolute Gasteiger partial charge is 0.464 e. The van der Waals surface area contributed by atoms with Crippen molar-refractivity contribution in [2.24, 2.45) is 5.41 Å². The number of hydrogen-bond donors (Lipinski definition) is 1. The van der Waals surface area contributed by atoms with Crippen LogP contribution in [0.3, 0.4) is 0 Å². The van der Waals surface area contributed by atoms with Gasteiger partial charge < -0.3 is 14.4 Å². The van der Waals surface area contributed by atoms with Gasteiger partial charge in [0.05, 0.1) is 18.6 Å². The van der Waals surface area contributed by atoms with E-state index in [4.69, 9.17) is 9.47 Å². The van der Waals surface area contributed by atoms with Crippen LogP contribution in [0.15, 0.2) is 0 Å². The maximum absolute atomic E-state index is 12.1. The summed E-state index contributed by atoms with van der Waals surface area (Å²) in [5.41, 5.74) is -0.545. The Labute approximate surface area is 137 Å². The highest BCUT2D eigenvalue weighted by Crippen LogP contribution is 2.53. The molecule has 0 amide bonds. The number of esters is 1. The number of rotatable bonds is 9. The minimum Gasteiger partial charge on any atom is -0.464 e. The lowest BCUT2D eigenvalue weighted by Gasteiger charge is -2.30. The Morgan fingerprint density at radius 2 is 2.05 bits per heavy atom. The first-order chi connectivity index (χ1) is 10.3. The minimum atomic E-state index is -3.10. The summed E-state index contributed by atoms with van der Waals surface area (Å²) in [6, 6.07) is 0. The molecule has 1 aliphatic rings. The third-order valence-electron chi connectivity index (χ3n) is 3.72. The molecule has 8 heteroatoms. The molecule has 0 aromatic heterocycles. The van der Waals surface area contributed by atoms with Gasteiger partial charge in [0.1, 0.15) is 6.61 Å². The standard InChI is InChI=1S/C14H28NO5PS/c1-4-21(17,18)22-12-11-20-13(16)14(2,3)5-6-15-7-9-19-10-8-15/h4-12H2,1-3H3,(H,17,18). The highest BCUT2D eigenvalue weighted by atomic mass is 32.7. The second kappa shape index (κ2) is 9.28. The van der Waals surface area contributed by atoms with Crippen molar-refractivity contribution < 1.29 is 23.7 Å². The second-order valence-corrected chi connectivity index (χ2v) is 11.1. The molecule has 6 nitrogen and oxygen atoms in total. The van der Waals surface area contributed by atoms with E-state index in [2.05, 4.69) is 4.90 Å². The highest BCUT2D eigenvalue weighted by Gasteiger charge is 2.30. The molecule has 1 unspecified atom stereocenters. The van der Waals surface area contributed by atoms with E-state index >= 15 is 0 Å². The minimum absolute atomic E-state index is 0.176. The van der Waals surface area contributed by atoms with Crippen LogP contribution in [0.4, 0.5) is 0 Å². The van der Waals surface area contributed by atoms with Crippen LogP contribution in [0.1, 0.15) is 27.2 Å². The summed E-state index contributed by atoms with van der Waals surface area (Å²) in [5, 5.41) is 0. The van der Waals surface area contributed by atoms with Gasteiger partial charge in [-0.05, 0) is 26.8 Å². The van der Waals surface area contributed by atoms with Crippen molar-refractivity contribution >= 4 is 23.9 Å². The maximum Gasteiger partial charge on any atom is 0.311 e. The van der Waals surface area contributed by atoms with Gasteiger partial charge in [0.15, 0.2) is 0 Å². The third kappa shape index (κ3) is 7.47. The fourth-order valence-electron chi connectivity index (χ4n) is 1.97. The van der Waals surface area contributed by atoms with Gasteiger partial charge >= 0.3 is 5.97 Å². The van der Waals surface area contributed by atoms with E-state index in [-0.39, 0.29) is 18.7 Å². The molecule has 0 bridgehead atoms. The quantitative estimate of drug-likeness (QED) is 0.387. The molecule has 1 heterocycles. The molecule has 0 saturated carbocycles. The molecular weight excluding hydrogens is 325 g/mol. The van der Waals surface area contributed by atoms with Crippen LogP contribution in [-0.4, -0.2) is 67.1 Å². The zero-order valence-electron chi connectivity index (χ0n) is 13.7. The second-order valence-electron chi connectivity index (χ2n) is 6.01. The molecule has 1 aliphatic heterocycles. The summed E-state index contributed by atoms with van der Waals surface area (Å²) >= 11 is 0.979. The summed E-state index contributed by atoms with van der Waals surface area (Å²) in [6.07, 6.45) is 0.961. The van der Waals surface area contributed by atoms with Crippen molar-refractivity contribution in [1.29, 1.82) is 0 Å². The number of carbonyl (C=O) groups is 1. The highest BCUT2D eigenvalue weighted by molar-refractivity contribution is 8.56. The Hall–Kier alpha value is -0.0700. The molecule has 1 fully saturated rings. The predicted octanol–water partition coefficient (Wildman–Crippen LogP) is 2.22. The van der Waals surface area contributed by atoms with E-state index in [1.54, 1.807) is 6.92 Å². The molecule has 1 rings (SSSR count). The molecule has 1 atom stereocenters. The van der Waals surface area contributed by atoms with Crippen molar-refractivity contribution in [3.63, 3.8) is 0 Å². The number of carbonyl (C=O) groups excluding carboxylic acids is 1. The van der Waals surface area contributed by atoms with Gasteiger partial charge in [-0.2, -0.15) is 0 Å². The van der Waals surface area contributed by atoms with Crippen LogP contribution in [0.5, 0.6) is 0 Å². The fourth-order valence-corrected chi connectivity index (χ4v) is 4.22. The van der Waals surface area contributed by atoms with Gasteiger partial charge in [-0.3, -0.25) is 14.3 Å². The van der Waals surface area contributed by atoms with Gasteiger partial charge in [-0.1, -0.05) is 18.3 Å². The SMILES string of the molecule is CCP(=O)(O)SCCOC(=O)C(C)(C)CCN1CCOCC1. The predicted molar refractivity (Wildman–Crippen MR) is 89.4 cm³/mol. The van der Waals surface area contributed by atoms with Crippen LogP contribution in [0, 0.1) is 5.41 Å². The van der Waals surface area contributed by atoms with Gasteiger partial charge in [0.2, 0.25) is 0 Å². The Bertz CT molecular complexity index is 399. The van der Waals surface area contributed by atoms with Gasteiger partial charge in [0.25, 0.3) is 6.57 Å². The Kier molecular flexibility index (Phi) is 8.43. The van der Waals surface area contributed by atoms with Crippen LogP contribution >= 0.6 is 18.0 Å². The Morgan fingerprint density at radius 1 is 1.41 bits per heavy atom. The Morgan fingerprint density at radius 3 is 2.64 bits per heavy atom.